The van der Waals surface area contributed by atoms with Crippen molar-refractivity contribution in [2.75, 3.05) is 18.9 Å². The van der Waals surface area contributed by atoms with Gasteiger partial charge in [0, 0.05) is 18.7 Å². The van der Waals surface area contributed by atoms with E-state index in [4.69, 9.17) is 5.73 Å². The van der Waals surface area contributed by atoms with E-state index >= 15 is 0 Å². The summed E-state index contributed by atoms with van der Waals surface area (Å²) in [7, 11) is 0. The maximum absolute atomic E-state index is 12.5. The standard InChI is InChI=1S/C15H15N3O4.C5H10O2.C2H6/c1-2-17-11(19)7-6-10(14(17)21)18-13(20)8-4-3-5-9(16)12(8)15(18)22;1-2-3-4-7-5-6;1-2/h3-5,10H,2,6-7,16H2,1H3;5H,2-4H2,1H3;1-2H3. The van der Waals surface area contributed by atoms with E-state index in [-0.39, 0.29) is 42.1 Å². The smallest absolute Gasteiger partial charge is 0.293 e. The number of imide groups is 2. The molecule has 2 aliphatic rings. The third-order valence-electron chi connectivity index (χ3n) is 4.77. The van der Waals surface area contributed by atoms with Gasteiger partial charge in [0.1, 0.15) is 6.04 Å². The number of fused-ring (bicyclic) bond motifs is 1. The Balaban J connectivity index is 0.000000457. The number of likely N-dealkylation sites (tertiary alicyclic amines) is 1. The average Bonchev–Trinajstić information content (AvgIpc) is 3.02. The number of anilines is 1. The van der Waals surface area contributed by atoms with Crippen LogP contribution in [-0.2, 0) is 19.1 Å². The monoisotopic (exact) mass is 433 g/mol. The summed E-state index contributed by atoms with van der Waals surface area (Å²) in [6.45, 7) is 9.00. The van der Waals surface area contributed by atoms with Crippen molar-refractivity contribution in [3.8, 4) is 0 Å². The number of benzene rings is 1. The second kappa shape index (κ2) is 12.5. The van der Waals surface area contributed by atoms with Crippen LogP contribution in [0.2, 0.25) is 0 Å². The van der Waals surface area contributed by atoms with E-state index in [0.717, 1.165) is 22.6 Å². The van der Waals surface area contributed by atoms with Crippen LogP contribution in [0.1, 0.15) is 74.1 Å². The van der Waals surface area contributed by atoms with Crippen LogP contribution < -0.4 is 5.73 Å². The fraction of sp³-hybridized carbons (Fsp3) is 0.500. The highest BCUT2D eigenvalue weighted by Gasteiger charge is 2.47. The summed E-state index contributed by atoms with van der Waals surface area (Å²) >= 11 is 0. The molecule has 1 atom stereocenters. The molecule has 0 aromatic heterocycles. The number of hydrogen-bond acceptors (Lipinski definition) is 7. The average molecular weight is 434 g/mol. The summed E-state index contributed by atoms with van der Waals surface area (Å²) in [5, 5.41) is 0. The van der Waals surface area contributed by atoms with E-state index in [1.54, 1.807) is 13.0 Å². The van der Waals surface area contributed by atoms with Gasteiger partial charge >= 0.3 is 0 Å². The van der Waals surface area contributed by atoms with Crippen molar-refractivity contribution in [3.05, 3.63) is 29.3 Å². The molecule has 4 amide bonds. The molecule has 0 saturated carbocycles. The predicted molar refractivity (Wildman–Crippen MR) is 115 cm³/mol. The lowest BCUT2D eigenvalue weighted by Gasteiger charge is -2.33. The van der Waals surface area contributed by atoms with E-state index in [1.165, 1.54) is 12.1 Å². The van der Waals surface area contributed by atoms with Gasteiger partial charge in [0.2, 0.25) is 5.91 Å². The van der Waals surface area contributed by atoms with Crippen molar-refractivity contribution in [1.29, 1.82) is 0 Å². The molecule has 1 aromatic carbocycles. The first-order valence-electron chi connectivity index (χ1n) is 10.5. The molecular formula is C22H31N3O6. The van der Waals surface area contributed by atoms with E-state index in [2.05, 4.69) is 4.74 Å². The van der Waals surface area contributed by atoms with E-state index in [9.17, 15) is 24.0 Å². The van der Waals surface area contributed by atoms with Crippen LogP contribution in [-0.4, -0.2) is 59.1 Å². The summed E-state index contributed by atoms with van der Waals surface area (Å²) in [6.07, 6.45) is 2.33. The summed E-state index contributed by atoms with van der Waals surface area (Å²) in [6, 6.07) is 3.71. The van der Waals surface area contributed by atoms with Crippen LogP contribution >= 0.6 is 0 Å². The van der Waals surface area contributed by atoms with Gasteiger partial charge in [0.25, 0.3) is 24.2 Å². The van der Waals surface area contributed by atoms with Crippen LogP contribution in [0.3, 0.4) is 0 Å². The summed E-state index contributed by atoms with van der Waals surface area (Å²) in [4.78, 5) is 60.6. The maximum Gasteiger partial charge on any atom is 0.293 e. The van der Waals surface area contributed by atoms with Gasteiger partial charge in [-0.15, -0.1) is 0 Å². The predicted octanol–water partition coefficient (Wildman–Crippen LogP) is 2.39. The Bertz CT molecular complexity index is 823. The molecule has 1 unspecified atom stereocenters. The van der Waals surface area contributed by atoms with Gasteiger partial charge in [-0.05, 0) is 31.9 Å². The van der Waals surface area contributed by atoms with Crippen molar-refractivity contribution in [2.45, 2.75) is 59.4 Å². The van der Waals surface area contributed by atoms with Gasteiger partial charge in [-0.1, -0.05) is 33.3 Å². The van der Waals surface area contributed by atoms with Crippen molar-refractivity contribution < 1.29 is 28.7 Å². The molecule has 0 radical (unpaired) electrons. The van der Waals surface area contributed by atoms with Gasteiger partial charge in [0.05, 0.1) is 17.7 Å². The molecule has 2 aliphatic heterocycles. The Morgan fingerprint density at radius 1 is 1.13 bits per heavy atom. The lowest BCUT2D eigenvalue weighted by Crippen LogP contribution is -2.55. The second-order valence-corrected chi connectivity index (χ2v) is 6.60. The number of unbranched alkanes of at least 4 members (excludes halogenated alkanes) is 1. The first-order chi connectivity index (χ1) is 14.9. The molecular weight excluding hydrogens is 402 g/mol. The van der Waals surface area contributed by atoms with E-state index in [1.807, 2.05) is 20.8 Å². The highest BCUT2D eigenvalue weighted by Crippen LogP contribution is 2.31. The second-order valence-electron chi connectivity index (χ2n) is 6.60. The van der Waals surface area contributed by atoms with Crippen LogP contribution in [0.4, 0.5) is 5.69 Å². The Morgan fingerprint density at radius 2 is 1.81 bits per heavy atom. The van der Waals surface area contributed by atoms with Crippen molar-refractivity contribution in [2.24, 2.45) is 0 Å². The van der Waals surface area contributed by atoms with Gasteiger partial charge in [-0.3, -0.25) is 33.8 Å². The van der Waals surface area contributed by atoms with Gasteiger partial charge in [-0.2, -0.15) is 0 Å². The van der Waals surface area contributed by atoms with Crippen molar-refractivity contribution in [1.82, 2.24) is 9.80 Å². The van der Waals surface area contributed by atoms with Crippen molar-refractivity contribution >= 4 is 35.8 Å². The zero-order chi connectivity index (χ0) is 23.6. The number of hydrogen-bond donors (Lipinski definition) is 1. The van der Waals surface area contributed by atoms with Crippen LogP contribution in [0.5, 0.6) is 0 Å². The number of nitrogens with zero attached hydrogens (tertiary/aromatic N) is 2. The molecule has 1 fully saturated rings. The topological polar surface area (TPSA) is 127 Å². The first-order valence-corrected chi connectivity index (χ1v) is 10.5. The first kappa shape index (κ1) is 25.8. The lowest BCUT2D eigenvalue weighted by molar-refractivity contribution is -0.151. The molecule has 3 rings (SSSR count). The molecule has 0 spiro atoms. The number of rotatable bonds is 6. The normalized spacial score (nSPS) is 17.4. The molecule has 31 heavy (non-hydrogen) atoms. The molecule has 1 saturated heterocycles. The van der Waals surface area contributed by atoms with E-state index < -0.39 is 23.8 Å². The Labute approximate surface area is 182 Å². The molecule has 0 aliphatic carbocycles. The summed E-state index contributed by atoms with van der Waals surface area (Å²) < 4.78 is 4.39. The van der Waals surface area contributed by atoms with Gasteiger partial charge in [-0.25, -0.2) is 0 Å². The van der Waals surface area contributed by atoms with Gasteiger partial charge in [0.15, 0.2) is 0 Å². The number of likely N-dealkylation sites (N-methyl/N-ethyl adjacent to an activating group) is 1. The number of carbonyl (C=O) groups is 5. The zero-order valence-corrected chi connectivity index (χ0v) is 18.6. The fourth-order valence-corrected chi connectivity index (χ4v) is 3.28. The molecule has 9 nitrogen and oxygen atoms in total. The Morgan fingerprint density at radius 3 is 2.35 bits per heavy atom. The maximum atomic E-state index is 12.5. The molecule has 9 heteroatoms. The molecule has 170 valence electrons. The van der Waals surface area contributed by atoms with Crippen molar-refractivity contribution in [3.63, 3.8) is 0 Å². The molecule has 2 heterocycles. The third-order valence-corrected chi connectivity index (χ3v) is 4.77. The van der Waals surface area contributed by atoms with Crippen LogP contribution in [0.25, 0.3) is 0 Å². The lowest BCUT2D eigenvalue weighted by atomic mass is 10.0. The number of piperidine rings is 1. The third kappa shape index (κ3) is 5.68. The number of nitrogens with two attached hydrogens (primary N) is 1. The number of carbonyl (C=O) groups excluding carboxylic acids is 5. The highest BCUT2D eigenvalue weighted by molar-refractivity contribution is 6.25. The quantitative estimate of drug-likeness (QED) is 0.316. The minimum Gasteiger partial charge on any atom is -0.468 e. The Hall–Kier alpha value is -3.23. The summed E-state index contributed by atoms with van der Waals surface area (Å²) in [5.74, 6) is -1.88. The minimum absolute atomic E-state index is 0.132. The fourth-order valence-electron chi connectivity index (χ4n) is 3.28. The summed E-state index contributed by atoms with van der Waals surface area (Å²) in [5.41, 5.74) is 6.34. The molecule has 1 aromatic rings. The molecule has 0 bridgehead atoms. The molecule has 2 N–H and O–H groups in total. The largest absolute Gasteiger partial charge is 0.468 e. The SMILES string of the molecule is CC.CCCCOC=O.CCN1C(=O)CCC(N2C(=O)c3cccc(N)c3C2=O)C1=O. The minimum atomic E-state index is -0.940. The van der Waals surface area contributed by atoms with E-state index in [0.29, 0.717) is 13.1 Å². The number of amides is 4. The zero-order valence-electron chi connectivity index (χ0n) is 18.6. The van der Waals surface area contributed by atoms with Crippen LogP contribution in [0, 0.1) is 0 Å². The number of nitrogen functional groups attached to an aromatic ring is 1. The number of ether oxygens (including phenoxy) is 1. The Kier molecular flexibility index (Phi) is 10.4. The van der Waals surface area contributed by atoms with Crippen LogP contribution in [0.15, 0.2) is 18.2 Å². The highest BCUT2D eigenvalue weighted by atomic mass is 16.5. The van der Waals surface area contributed by atoms with Gasteiger partial charge < -0.3 is 10.5 Å².